The van der Waals surface area contributed by atoms with Crippen molar-refractivity contribution in [3.8, 4) is 0 Å². The molecule has 0 aromatic heterocycles. The first-order valence-corrected chi connectivity index (χ1v) is 7.29. The van der Waals surface area contributed by atoms with Crippen LogP contribution in [0.2, 0.25) is 0 Å². The summed E-state index contributed by atoms with van der Waals surface area (Å²) >= 11 is 0. The van der Waals surface area contributed by atoms with E-state index < -0.39 is 0 Å². The van der Waals surface area contributed by atoms with Gasteiger partial charge in [-0.05, 0) is 18.8 Å². The molecule has 2 N–H and O–H groups in total. The molecule has 0 heterocycles. The van der Waals surface area contributed by atoms with Gasteiger partial charge < -0.3 is 15.4 Å². The molecule has 1 amide bonds. The van der Waals surface area contributed by atoms with E-state index in [0.717, 1.165) is 32.7 Å². The summed E-state index contributed by atoms with van der Waals surface area (Å²) in [6.45, 7) is 3.10. The lowest BCUT2D eigenvalue weighted by Crippen LogP contribution is -2.33. The first-order chi connectivity index (χ1) is 8.83. The fraction of sp³-hybridized carbons (Fsp3) is 0.929. The highest BCUT2D eigenvalue weighted by Gasteiger charge is 2.15. The average Bonchev–Trinajstić information content (AvgIpc) is 2.62. The van der Waals surface area contributed by atoms with Crippen LogP contribution in [0.1, 0.15) is 44.9 Å². The maximum atomic E-state index is 11.7. The van der Waals surface area contributed by atoms with Crippen molar-refractivity contribution in [2.45, 2.75) is 44.9 Å². The minimum Gasteiger partial charge on any atom is -0.383 e. The number of amides is 1. The Kier molecular flexibility index (Phi) is 8.86. The van der Waals surface area contributed by atoms with Gasteiger partial charge in [-0.2, -0.15) is 0 Å². The topological polar surface area (TPSA) is 50.4 Å². The summed E-state index contributed by atoms with van der Waals surface area (Å²) < 4.78 is 4.93. The summed E-state index contributed by atoms with van der Waals surface area (Å²) in [4.78, 5) is 11.7. The molecular formula is C14H28N2O2. The van der Waals surface area contributed by atoms with Crippen molar-refractivity contribution in [3.05, 3.63) is 0 Å². The van der Waals surface area contributed by atoms with Gasteiger partial charge in [0.1, 0.15) is 0 Å². The molecule has 1 aliphatic carbocycles. The Morgan fingerprint density at radius 1 is 1.11 bits per heavy atom. The van der Waals surface area contributed by atoms with Crippen LogP contribution in [0.15, 0.2) is 0 Å². The van der Waals surface area contributed by atoms with Crippen molar-refractivity contribution >= 4 is 5.91 Å². The van der Waals surface area contributed by atoms with Crippen LogP contribution < -0.4 is 10.6 Å². The summed E-state index contributed by atoms with van der Waals surface area (Å²) in [5.74, 6) is 0.837. The highest BCUT2D eigenvalue weighted by Crippen LogP contribution is 2.25. The fourth-order valence-electron chi connectivity index (χ4n) is 2.49. The van der Waals surface area contributed by atoms with Crippen LogP contribution in [0, 0.1) is 5.92 Å². The van der Waals surface area contributed by atoms with Gasteiger partial charge in [-0.25, -0.2) is 0 Å². The lowest BCUT2D eigenvalue weighted by atomic mass is 9.96. The maximum absolute atomic E-state index is 11.7. The largest absolute Gasteiger partial charge is 0.383 e. The van der Waals surface area contributed by atoms with E-state index in [1.807, 2.05) is 0 Å². The Hall–Kier alpha value is -0.610. The number of methoxy groups -OCH3 is 1. The van der Waals surface area contributed by atoms with Crippen LogP contribution in [0.4, 0.5) is 0 Å². The number of nitrogens with one attached hydrogen (secondary N) is 2. The predicted octanol–water partition coefficient (Wildman–Crippen LogP) is 1.70. The summed E-state index contributed by atoms with van der Waals surface area (Å²) in [7, 11) is 1.69. The van der Waals surface area contributed by atoms with Gasteiger partial charge in [0.05, 0.1) is 6.61 Å². The first-order valence-electron chi connectivity index (χ1n) is 7.29. The van der Waals surface area contributed by atoms with E-state index in [1.165, 1.54) is 38.5 Å². The Labute approximate surface area is 111 Å². The molecule has 0 aromatic rings. The molecule has 0 spiro atoms. The zero-order chi connectivity index (χ0) is 13.1. The van der Waals surface area contributed by atoms with Gasteiger partial charge in [0.15, 0.2) is 0 Å². The highest BCUT2D eigenvalue weighted by atomic mass is 16.5. The Balaban J connectivity index is 1.98. The molecule has 4 heteroatoms. The summed E-state index contributed by atoms with van der Waals surface area (Å²) in [5.41, 5.74) is 0. The molecule has 0 atom stereocenters. The Morgan fingerprint density at radius 3 is 2.50 bits per heavy atom. The van der Waals surface area contributed by atoms with E-state index in [2.05, 4.69) is 10.6 Å². The normalized spacial score (nSPS) is 17.4. The zero-order valence-electron chi connectivity index (χ0n) is 11.7. The molecule has 0 saturated heterocycles. The number of carbonyl (C=O) groups is 1. The Bertz CT molecular complexity index is 214. The lowest BCUT2D eigenvalue weighted by molar-refractivity contribution is -0.122. The monoisotopic (exact) mass is 256 g/mol. The second-order valence-electron chi connectivity index (χ2n) is 5.15. The van der Waals surface area contributed by atoms with Gasteiger partial charge in [0.25, 0.3) is 0 Å². The van der Waals surface area contributed by atoms with E-state index in [4.69, 9.17) is 4.74 Å². The molecule has 1 aliphatic rings. The van der Waals surface area contributed by atoms with Crippen molar-refractivity contribution in [3.63, 3.8) is 0 Å². The van der Waals surface area contributed by atoms with Crippen molar-refractivity contribution in [2.75, 3.05) is 33.4 Å². The predicted molar refractivity (Wildman–Crippen MR) is 73.6 cm³/mol. The minimum atomic E-state index is 0.218. The van der Waals surface area contributed by atoms with Crippen LogP contribution in [-0.2, 0) is 9.53 Å². The van der Waals surface area contributed by atoms with Crippen molar-refractivity contribution in [1.29, 1.82) is 0 Å². The fourth-order valence-corrected chi connectivity index (χ4v) is 2.49. The number of carbonyl (C=O) groups excluding carboxylic acids is 1. The summed E-state index contributed by atoms with van der Waals surface area (Å²) in [5, 5.41) is 6.20. The molecule has 1 fully saturated rings. The SMILES string of the molecule is COCCNCCNC(=O)CC1CCCCCC1. The van der Waals surface area contributed by atoms with Gasteiger partial charge in [0.2, 0.25) is 5.91 Å². The number of hydrogen-bond donors (Lipinski definition) is 2. The number of ether oxygens (including phenoxy) is 1. The van der Waals surface area contributed by atoms with E-state index in [1.54, 1.807) is 7.11 Å². The second-order valence-corrected chi connectivity index (χ2v) is 5.15. The average molecular weight is 256 g/mol. The molecule has 1 saturated carbocycles. The van der Waals surface area contributed by atoms with E-state index in [0.29, 0.717) is 5.92 Å². The van der Waals surface area contributed by atoms with E-state index in [-0.39, 0.29) is 5.91 Å². The third-order valence-electron chi connectivity index (χ3n) is 3.56. The smallest absolute Gasteiger partial charge is 0.220 e. The van der Waals surface area contributed by atoms with Gasteiger partial charge in [-0.15, -0.1) is 0 Å². The third kappa shape index (κ3) is 7.67. The van der Waals surface area contributed by atoms with Crippen molar-refractivity contribution in [2.24, 2.45) is 5.92 Å². The molecule has 0 unspecified atom stereocenters. The van der Waals surface area contributed by atoms with Crippen LogP contribution in [-0.4, -0.2) is 39.3 Å². The molecule has 0 aromatic carbocycles. The summed E-state index contributed by atoms with van der Waals surface area (Å²) in [6.07, 6.45) is 8.49. The van der Waals surface area contributed by atoms with Gasteiger partial charge in [-0.1, -0.05) is 25.7 Å². The third-order valence-corrected chi connectivity index (χ3v) is 3.56. The standard InChI is InChI=1S/C14H28N2O2/c1-18-11-10-15-8-9-16-14(17)12-13-6-4-2-3-5-7-13/h13,15H,2-12H2,1H3,(H,16,17). The van der Waals surface area contributed by atoms with Gasteiger partial charge in [0, 0.05) is 33.2 Å². The second kappa shape index (κ2) is 10.3. The van der Waals surface area contributed by atoms with E-state index >= 15 is 0 Å². The molecule has 106 valence electrons. The van der Waals surface area contributed by atoms with Gasteiger partial charge >= 0.3 is 0 Å². The lowest BCUT2D eigenvalue weighted by Gasteiger charge is -2.13. The molecule has 0 bridgehead atoms. The van der Waals surface area contributed by atoms with Gasteiger partial charge in [-0.3, -0.25) is 4.79 Å². The molecule has 1 rings (SSSR count). The molecular weight excluding hydrogens is 228 g/mol. The van der Waals surface area contributed by atoms with Crippen LogP contribution in [0.3, 0.4) is 0 Å². The van der Waals surface area contributed by atoms with Crippen molar-refractivity contribution < 1.29 is 9.53 Å². The highest BCUT2D eigenvalue weighted by molar-refractivity contribution is 5.76. The Morgan fingerprint density at radius 2 is 1.83 bits per heavy atom. The number of hydrogen-bond acceptors (Lipinski definition) is 3. The minimum absolute atomic E-state index is 0.218. The van der Waals surface area contributed by atoms with E-state index in [9.17, 15) is 4.79 Å². The molecule has 4 nitrogen and oxygen atoms in total. The number of rotatable bonds is 8. The molecule has 0 aliphatic heterocycles. The van der Waals surface area contributed by atoms with Crippen molar-refractivity contribution in [1.82, 2.24) is 10.6 Å². The molecule has 18 heavy (non-hydrogen) atoms. The maximum Gasteiger partial charge on any atom is 0.220 e. The van der Waals surface area contributed by atoms with Crippen LogP contribution in [0.25, 0.3) is 0 Å². The zero-order valence-corrected chi connectivity index (χ0v) is 11.7. The van der Waals surface area contributed by atoms with Crippen LogP contribution in [0.5, 0.6) is 0 Å². The molecule has 0 radical (unpaired) electrons. The van der Waals surface area contributed by atoms with Crippen LogP contribution >= 0.6 is 0 Å². The summed E-state index contributed by atoms with van der Waals surface area (Å²) in [6, 6.07) is 0. The first kappa shape index (κ1) is 15.4. The quantitative estimate of drug-likeness (QED) is 0.513.